The Labute approximate surface area is 191 Å². The molecule has 0 bridgehead atoms. The molecule has 1 amide bonds. The van der Waals surface area contributed by atoms with Crippen LogP contribution in [0.5, 0.6) is 11.5 Å². The van der Waals surface area contributed by atoms with Gasteiger partial charge in [0.2, 0.25) is 0 Å². The minimum Gasteiger partial charge on any atom is -0.497 e. The lowest BCUT2D eigenvalue weighted by Crippen LogP contribution is -2.34. The van der Waals surface area contributed by atoms with Gasteiger partial charge in [-0.25, -0.2) is 4.79 Å². The van der Waals surface area contributed by atoms with E-state index in [1.807, 2.05) is 12.1 Å². The third-order valence-corrected chi connectivity index (χ3v) is 4.81. The highest BCUT2D eigenvalue weighted by molar-refractivity contribution is 6.02. The third kappa shape index (κ3) is 6.33. The molecule has 3 aromatic rings. The van der Waals surface area contributed by atoms with Crippen LogP contribution >= 0.6 is 0 Å². The first kappa shape index (κ1) is 23.3. The van der Waals surface area contributed by atoms with E-state index in [4.69, 9.17) is 14.3 Å². The Morgan fingerprint density at radius 3 is 2.12 bits per heavy atom. The van der Waals surface area contributed by atoms with Crippen molar-refractivity contribution >= 4 is 23.8 Å². The summed E-state index contributed by atoms with van der Waals surface area (Å²) in [6, 6.07) is 20.7. The van der Waals surface area contributed by atoms with E-state index < -0.39 is 11.9 Å². The predicted molar refractivity (Wildman–Crippen MR) is 124 cm³/mol. The molecule has 0 atom stereocenters. The number of anilines is 1. The zero-order valence-corrected chi connectivity index (χ0v) is 18.3. The molecule has 3 aromatic carbocycles. The number of para-hydroxylation sites is 1. The van der Waals surface area contributed by atoms with E-state index in [-0.39, 0.29) is 24.4 Å². The second kappa shape index (κ2) is 11.3. The molecule has 0 aromatic heterocycles. The maximum atomic E-state index is 13.0. The smallest absolute Gasteiger partial charge is 0.337 e. The summed E-state index contributed by atoms with van der Waals surface area (Å²) < 4.78 is 10.3. The van der Waals surface area contributed by atoms with E-state index in [2.05, 4.69) is 5.16 Å². The van der Waals surface area contributed by atoms with Crippen LogP contribution in [0, 0.1) is 0 Å². The lowest BCUT2D eigenvalue weighted by Gasteiger charge is -2.24. The maximum Gasteiger partial charge on any atom is 0.337 e. The number of amides is 1. The third-order valence-electron chi connectivity index (χ3n) is 4.81. The average Bonchev–Trinajstić information content (AvgIpc) is 2.85. The van der Waals surface area contributed by atoms with Gasteiger partial charge in [-0.3, -0.25) is 4.79 Å². The SMILES string of the molecule is COc1ccc(/C=N\OCC(=O)N(Cc2ccc(OC)cc2)c2ccccc2C(=O)O)cc1. The molecular weight excluding hydrogens is 424 g/mol. The second-order valence-electron chi connectivity index (χ2n) is 6.93. The molecule has 0 aliphatic heterocycles. The van der Waals surface area contributed by atoms with Crippen LogP contribution in [0.2, 0.25) is 0 Å². The average molecular weight is 448 g/mol. The van der Waals surface area contributed by atoms with Crippen molar-refractivity contribution in [2.45, 2.75) is 6.54 Å². The molecule has 8 heteroatoms. The van der Waals surface area contributed by atoms with Crippen molar-refractivity contribution in [3.05, 3.63) is 89.5 Å². The van der Waals surface area contributed by atoms with Crippen LogP contribution in [-0.4, -0.2) is 44.0 Å². The fraction of sp³-hybridized carbons (Fsp3) is 0.160. The molecule has 0 aliphatic carbocycles. The fourth-order valence-electron chi connectivity index (χ4n) is 3.07. The van der Waals surface area contributed by atoms with Crippen molar-refractivity contribution in [2.75, 3.05) is 25.7 Å². The largest absolute Gasteiger partial charge is 0.497 e. The van der Waals surface area contributed by atoms with Crippen molar-refractivity contribution < 1.29 is 29.0 Å². The van der Waals surface area contributed by atoms with E-state index in [9.17, 15) is 14.7 Å². The number of hydrogen-bond donors (Lipinski definition) is 1. The molecule has 0 spiro atoms. The van der Waals surface area contributed by atoms with Gasteiger partial charge in [0, 0.05) is 0 Å². The van der Waals surface area contributed by atoms with Crippen LogP contribution in [0.15, 0.2) is 78.0 Å². The number of carbonyl (C=O) groups is 2. The normalized spacial score (nSPS) is 10.6. The van der Waals surface area contributed by atoms with Crippen LogP contribution in [-0.2, 0) is 16.2 Å². The number of hydrogen-bond acceptors (Lipinski definition) is 6. The van der Waals surface area contributed by atoms with Crippen molar-refractivity contribution in [2.24, 2.45) is 5.16 Å². The molecule has 0 radical (unpaired) electrons. The first-order valence-corrected chi connectivity index (χ1v) is 10.1. The Balaban J connectivity index is 1.76. The zero-order valence-electron chi connectivity index (χ0n) is 18.3. The van der Waals surface area contributed by atoms with E-state index in [1.165, 1.54) is 17.2 Å². The van der Waals surface area contributed by atoms with Crippen LogP contribution in [0.4, 0.5) is 5.69 Å². The number of methoxy groups -OCH3 is 2. The monoisotopic (exact) mass is 448 g/mol. The predicted octanol–water partition coefficient (Wildman–Crippen LogP) is 3.99. The van der Waals surface area contributed by atoms with E-state index in [1.54, 1.807) is 68.8 Å². The van der Waals surface area contributed by atoms with Crippen molar-refractivity contribution in [1.29, 1.82) is 0 Å². The van der Waals surface area contributed by atoms with Crippen molar-refractivity contribution in [3.8, 4) is 11.5 Å². The van der Waals surface area contributed by atoms with E-state index >= 15 is 0 Å². The quantitative estimate of drug-likeness (QED) is 0.372. The molecule has 1 N–H and O–H groups in total. The standard InChI is InChI=1S/C25H24N2O6/c1-31-20-11-7-18(8-12-20)15-26-33-17-24(28)27(16-19-9-13-21(32-2)14-10-19)23-6-4-3-5-22(23)25(29)30/h3-15H,16-17H2,1-2H3,(H,29,30)/b26-15-. The molecular formula is C25H24N2O6. The van der Waals surface area contributed by atoms with Crippen LogP contribution in [0.1, 0.15) is 21.5 Å². The summed E-state index contributed by atoms with van der Waals surface area (Å²) in [6.45, 7) is -0.213. The van der Waals surface area contributed by atoms with Crippen LogP contribution in [0.25, 0.3) is 0 Å². The van der Waals surface area contributed by atoms with Gasteiger partial charge in [-0.1, -0.05) is 29.4 Å². The molecule has 33 heavy (non-hydrogen) atoms. The number of carboxylic acid groups (broad SMARTS) is 1. The summed E-state index contributed by atoms with van der Waals surface area (Å²) >= 11 is 0. The summed E-state index contributed by atoms with van der Waals surface area (Å²) in [6.07, 6.45) is 1.48. The zero-order chi connectivity index (χ0) is 23.6. The van der Waals surface area contributed by atoms with E-state index in [0.29, 0.717) is 5.75 Å². The number of rotatable bonds is 10. The van der Waals surface area contributed by atoms with Crippen molar-refractivity contribution in [1.82, 2.24) is 0 Å². The molecule has 0 heterocycles. The second-order valence-corrected chi connectivity index (χ2v) is 6.93. The Morgan fingerprint density at radius 1 is 0.909 bits per heavy atom. The molecule has 0 saturated carbocycles. The van der Waals surface area contributed by atoms with Gasteiger partial charge >= 0.3 is 5.97 Å². The minimum atomic E-state index is -1.13. The van der Waals surface area contributed by atoms with Crippen molar-refractivity contribution in [3.63, 3.8) is 0 Å². The summed E-state index contributed by atoms with van der Waals surface area (Å²) in [5.41, 5.74) is 1.86. The summed E-state index contributed by atoms with van der Waals surface area (Å²) in [7, 11) is 3.15. The first-order chi connectivity index (χ1) is 16.0. The summed E-state index contributed by atoms with van der Waals surface area (Å²) in [5, 5.41) is 13.4. The van der Waals surface area contributed by atoms with Gasteiger partial charge in [-0.05, 0) is 59.7 Å². The number of oxime groups is 1. The molecule has 170 valence electrons. The molecule has 8 nitrogen and oxygen atoms in total. The van der Waals surface area contributed by atoms with Crippen LogP contribution < -0.4 is 14.4 Å². The van der Waals surface area contributed by atoms with E-state index in [0.717, 1.165) is 16.9 Å². The van der Waals surface area contributed by atoms with Gasteiger partial charge in [0.15, 0.2) is 6.61 Å². The highest BCUT2D eigenvalue weighted by Gasteiger charge is 2.22. The highest BCUT2D eigenvalue weighted by atomic mass is 16.6. The fourth-order valence-corrected chi connectivity index (χ4v) is 3.07. The highest BCUT2D eigenvalue weighted by Crippen LogP contribution is 2.24. The van der Waals surface area contributed by atoms with Gasteiger partial charge in [0.1, 0.15) is 11.5 Å². The Bertz CT molecular complexity index is 1110. The lowest BCUT2D eigenvalue weighted by molar-refractivity contribution is -0.123. The number of nitrogens with zero attached hydrogens (tertiary/aromatic N) is 2. The topological polar surface area (TPSA) is 97.7 Å². The number of ether oxygens (including phenoxy) is 2. The van der Waals surface area contributed by atoms with Gasteiger partial charge in [-0.15, -0.1) is 0 Å². The Kier molecular flexibility index (Phi) is 8.02. The van der Waals surface area contributed by atoms with Gasteiger partial charge in [0.05, 0.1) is 38.2 Å². The first-order valence-electron chi connectivity index (χ1n) is 10.1. The minimum absolute atomic E-state index is 0.0149. The molecule has 0 fully saturated rings. The lowest BCUT2D eigenvalue weighted by atomic mass is 10.1. The van der Waals surface area contributed by atoms with Gasteiger partial charge in [0.25, 0.3) is 5.91 Å². The number of carboxylic acids is 1. The van der Waals surface area contributed by atoms with Gasteiger partial charge < -0.3 is 24.3 Å². The summed E-state index contributed by atoms with van der Waals surface area (Å²) in [5.74, 6) is -0.170. The molecule has 0 unspecified atom stereocenters. The molecule has 3 rings (SSSR count). The van der Waals surface area contributed by atoms with Gasteiger partial charge in [-0.2, -0.15) is 0 Å². The number of benzene rings is 3. The van der Waals surface area contributed by atoms with Crippen LogP contribution in [0.3, 0.4) is 0 Å². The molecule has 0 aliphatic rings. The maximum absolute atomic E-state index is 13.0. The number of aromatic carboxylic acids is 1. The Hall–Kier alpha value is -4.33. The Morgan fingerprint density at radius 2 is 1.52 bits per heavy atom. The molecule has 0 saturated heterocycles. The summed E-state index contributed by atoms with van der Waals surface area (Å²) in [4.78, 5) is 31.3. The number of carbonyl (C=O) groups excluding carboxylic acids is 1.